The SMILES string of the molecule is CCNC(=NCc1nc(-c2ccc(OC)cc2)n[nH]1)N1CCSC(CC)C1. The third-order valence-corrected chi connectivity index (χ3v) is 5.86. The molecule has 0 radical (unpaired) electrons. The summed E-state index contributed by atoms with van der Waals surface area (Å²) in [5.41, 5.74) is 0.952. The van der Waals surface area contributed by atoms with Crippen molar-refractivity contribution in [1.82, 2.24) is 25.4 Å². The van der Waals surface area contributed by atoms with Crippen LogP contribution >= 0.6 is 11.8 Å². The van der Waals surface area contributed by atoms with Crippen molar-refractivity contribution in [3.8, 4) is 17.1 Å². The Morgan fingerprint density at radius 1 is 1.37 bits per heavy atom. The molecule has 0 amide bonds. The average molecular weight is 389 g/mol. The summed E-state index contributed by atoms with van der Waals surface area (Å²) in [5.74, 6) is 4.35. The molecule has 1 saturated heterocycles. The van der Waals surface area contributed by atoms with Crippen molar-refractivity contribution < 1.29 is 4.74 Å². The molecule has 3 rings (SSSR count). The van der Waals surface area contributed by atoms with Crippen LogP contribution < -0.4 is 10.1 Å². The Hall–Kier alpha value is -2.22. The Morgan fingerprint density at radius 2 is 2.19 bits per heavy atom. The molecule has 2 N–H and O–H groups in total. The standard InChI is InChI=1S/C19H28N6OS/c1-4-16-13-25(10-11-27-16)19(20-5-2)21-12-17-22-18(24-23-17)14-6-8-15(26-3)9-7-14/h6-9,16H,4-5,10-13H2,1-3H3,(H,20,21)(H,22,23,24). The van der Waals surface area contributed by atoms with Crippen molar-refractivity contribution in [3.63, 3.8) is 0 Å². The molecule has 1 aromatic carbocycles. The van der Waals surface area contributed by atoms with Crippen molar-refractivity contribution in [2.45, 2.75) is 32.1 Å². The molecule has 7 nitrogen and oxygen atoms in total. The number of hydrogen-bond acceptors (Lipinski definition) is 5. The van der Waals surface area contributed by atoms with Gasteiger partial charge in [0.05, 0.1) is 7.11 Å². The maximum Gasteiger partial charge on any atom is 0.194 e. The summed E-state index contributed by atoms with van der Waals surface area (Å²) < 4.78 is 5.19. The number of H-pyrrole nitrogens is 1. The number of rotatable bonds is 6. The smallest absolute Gasteiger partial charge is 0.194 e. The number of hydrogen-bond donors (Lipinski definition) is 2. The molecule has 1 aliphatic heterocycles. The van der Waals surface area contributed by atoms with Crippen LogP contribution in [0, 0.1) is 0 Å². The molecule has 0 saturated carbocycles. The summed E-state index contributed by atoms with van der Waals surface area (Å²) in [6.07, 6.45) is 1.19. The van der Waals surface area contributed by atoms with Crippen LogP contribution in [0.25, 0.3) is 11.4 Å². The van der Waals surface area contributed by atoms with Crippen molar-refractivity contribution >= 4 is 17.7 Å². The average Bonchev–Trinajstić information content (AvgIpc) is 3.20. The number of thioether (sulfide) groups is 1. The lowest BCUT2D eigenvalue weighted by Crippen LogP contribution is -2.48. The number of guanidine groups is 1. The molecule has 0 spiro atoms. The molecule has 27 heavy (non-hydrogen) atoms. The van der Waals surface area contributed by atoms with Crippen LogP contribution in [0.2, 0.25) is 0 Å². The fourth-order valence-corrected chi connectivity index (χ4v) is 4.15. The zero-order valence-electron chi connectivity index (χ0n) is 16.2. The van der Waals surface area contributed by atoms with Crippen LogP contribution in [0.4, 0.5) is 0 Å². The highest BCUT2D eigenvalue weighted by atomic mass is 32.2. The molecule has 2 aromatic rings. The van der Waals surface area contributed by atoms with Gasteiger partial charge in [-0.2, -0.15) is 16.9 Å². The predicted molar refractivity (Wildman–Crippen MR) is 111 cm³/mol. The van der Waals surface area contributed by atoms with Gasteiger partial charge < -0.3 is 15.0 Å². The molecular weight excluding hydrogens is 360 g/mol. The van der Waals surface area contributed by atoms with Gasteiger partial charge in [0.2, 0.25) is 0 Å². The second-order valence-electron chi connectivity index (χ2n) is 6.35. The van der Waals surface area contributed by atoms with Crippen LogP contribution in [-0.4, -0.2) is 63.8 Å². The van der Waals surface area contributed by atoms with Gasteiger partial charge in [0.15, 0.2) is 11.8 Å². The van der Waals surface area contributed by atoms with E-state index in [4.69, 9.17) is 9.73 Å². The van der Waals surface area contributed by atoms with E-state index in [1.54, 1.807) is 7.11 Å². The molecule has 8 heteroatoms. The minimum Gasteiger partial charge on any atom is -0.497 e. The Balaban J connectivity index is 1.68. The third kappa shape index (κ3) is 5.15. The first kappa shape index (κ1) is 19.5. The molecule has 1 aliphatic rings. The lowest BCUT2D eigenvalue weighted by molar-refractivity contribution is 0.408. The minimum atomic E-state index is 0.478. The van der Waals surface area contributed by atoms with Crippen LogP contribution in [0.15, 0.2) is 29.3 Å². The van der Waals surface area contributed by atoms with E-state index in [1.165, 1.54) is 6.42 Å². The third-order valence-electron chi connectivity index (χ3n) is 4.49. The summed E-state index contributed by atoms with van der Waals surface area (Å²) in [5, 5.41) is 11.4. The maximum absolute atomic E-state index is 5.19. The Bertz CT molecular complexity index is 745. The first-order valence-corrected chi connectivity index (χ1v) is 10.5. The molecule has 146 valence electrons. The number of methoxy groups -OCH3 is 1. The van der Waals surface area contributed by atoms with Gasteiger partial charge in [-0.1, -0.05) is 6.92 Å². The van der Waals surface area contributed by atoms with Crippen LogP contribution in [0.1, 0.15) is 26.1 Å². The fourth-order valence-electron chi connectivity index (χ4n) is 2.97. The quantitative estimate of drug-likeness (QED) is 0.585. The number of aliphatic imine (C=N–C) groups is 1. The Labute approximate surface area is 165 Å². The van der Waals surface area contributed by atoms with E-state index in [-0.39, 0.29) is 0 Å². The van der Waals surface area contributed by atoms with Crippen LogP contribution in [-0.2, 0) is 6.54 Å². The molecule has 1 fully saturated rings. The monoisotopic (exact) mass is 388 g/mol. The molecular formula is C19H28N6OS. The van der Waals surface area contributed by atoms with E-state index < -0.39 is 0 Å². The summed E-state index contributed by atoms with van der Waals surface area (Å²) in [6.45, 7) is 7.75. The Kier molecular flexibility index (Phi) is 6.98. The zero-order valence-corrected chi connectivity index (χ0v) is 17.1. The van der Waals surface area contributed by atoms with Crippen LogP contribution in [0.5, 0.6) is 5.75 Å². The molecule has 0 aliphatic carbocycles. The van der Waals surface area contributed by atoms with Crippen molar-refractivity contribution in [1.29, 1.82) is 0 Å². The maximum atomic E-state index is 5.19. The summed E-state index contributed by atoms with van der Waals surface area (Å²) >= 11 is 2.06. The zero-order chi connectivity index (χ0) is 19.1. The molecule has 1 unspecified atom stereocenters. The fraction of sp³-hybridized carbons (Fsp3) is 0.526. The number of nitrogens with zero attached hydrogens (tertiary/aromatic N) is 4. The topological polar surface area (TPSA) is 78.4 Å². The number of benzene rings is 1. The number of aromatic nitrogens is 3. The highest BCUT2D eigenvalue weighted by Crippen LogP contribution is 2.21. The normalized spacial score (nSPS) is 17.8. The van der Waals surface area contributed by atoms with Gasteiger partial charge in [0.1, 0.15) is 18.1 Å². The van der Waals surface area contributed by atoms with Gasteiger partial charge >= 0.3 is 0 Å². The predicted octanol–water partition coefficient (Wildman–Crippen LogP) is 2.77. The highest BCUT2D eigenvalue weighted by Gasteiger charge is 2.21. The molecule has 0 bridgehead atoms. The van der Waals surface area contributed by atoms with Crippen LogP contribution in [0.3, 0.4) is 0 Å². The van der Waals surface area contributed by atoms with E-state index in [2.05, 4.69) is 51.0 Å². The number of nitrogens with one attached hydrogen (secondary N) is 2. The Morgan fingerprint density at radius 3 is 2.89 bits per heavy atom. The van der Waals surface area contributed by atoms with Gasteiger partial charge in [-0.3, -0.25) is 5.10 Å². The van der Waals surface area contributed by atoms with Gasteiger partial charge in [-0.15, -0.1) is 0 Å². The second-order valence-corrected chi connectivity index (χ2v) is 7.76. The van der Waals surface area contributed by atoms with Crippen molar-refractivity contribution in [2.75, 3.05) is 32.5 Å². The molecule has 1 aromatic heterocycles. The van der Waals surface area contributed by atoms with Gasteiger partial charge in [0.25, 0.3) is 0 Å². The summed E-state index contributed by atoms with van der Waals surface area (Å²) in [4.78, 5) is 11.7. The van der Waals surface area contributed by atoms with Gasteiger partial charge in [-0.25, -0.2) is 9.98 Å². The van der Waals surface area contributed by atoms with E-state index in [0.29, 0.717) is 17.6 Å². The van der Waals surface area contributed by atoms with E-state index in [9.17, 15) is 0 Å². The largest absolute Gasteiger partial charge is 0.497 e. The number of aromatic amines is 1. The van der Waals surface area contributed by atoms with Gasteiger partial charge in [0, 0.05) is 36.2 Å². The molecule has 2 heterocycles. The van der Waals surface area contributed by atoms with E-state index in [1.807, 2.05) is 24.3 Å². The van der Waals surface area contributed by atoms with E-state index >= 15 is 0 Å². The lowest BCUT2D eigenvalue weighted by atomic mass is 10.2. The first-order valence-electron chi connectivity index (χ1n) is 9.44. The molecule has 1 atom stereocenters. The lowest BCUT2D eigenvalue weighted by Gasteiger charge is -2.34. The summed E-state index contributed by atoms with van der Waals surface area (Å²) in [7, 11) is 1.66. The first-order chi connectivity index (χ1) is 13.2. The van der Waals surface area contributed by atoms with E-state index in [0.717, 1.165) is 48.5 Å². The van der Waals surface area contributed by atoms with Gasteiger partial charge in [-0.05, 0) is 37.6 Å². The highest BCUT2D eigenvalue weighted by molar-refractivity contribution is 8.00. The van der Waals surface area contributed by atoms with Crippen molar-refractivity contribution in [2.24, 2.45) is 4.99 Å². The minimum absolute atomic E-state index is 0.478. The summed E-state index contributed by atoms with van der Waals surface area (Å²) in [6, 6.07) is 7.72. The van der Waals surface area contributed by atoms with Crippen molar-refractivity contribution in [3.05, 3.63) is 30.1 Å². The number of ether oxygens (including phenoxy) is 1. The second kappa shape index (κ2) is 9.64.